The number of hydrogen-bond donors (Lipinski definition) is 2. The van der Waals surface area contributed by atoms with Gasteiger partial charge < -0.3 is 24.6 Å². The molecule has 14 heteroatoms. The highest BCUT2D eigenvalue weighted by atomic mass is 19.1. The normalized spacial score (nSPS) is 29.2. The number of Topliss-reactive ketones (excluding diaryl/α,β-unsaturated/α-hetero) is 1. The van der Waals surface area contributed by atoms with Crippen LogP contribution in [-0.4, -0.2) is 110 Å². The number of halogens is 2. The van der Waals surface area contributed by atoms with Crippen LogP contribution >= 0.6 is 0 Å². The Morgan fingerprint density at radius 1 is 1.14 bits per heavy atom. The Kier molecular flexibility index (Phi) is 8.46. The molecule has 3 saturated heterocycles. The highest BCUT2D eigenvalue weighted by Crippen LogP contribution is 2.39. The first-order valence-corrected chi connectivity index (χ1v) is 15.3. The molecular weight excluding hydrogens is 578 g/mol. The lowest BCUT2D eigenvalue weighted by atomic mass is 9.82. The van der Waals surface area contributed by atoms with Crippen molar-refractivity contribution < 1.29 is 37.4 Å². The van der Waals surface area contributed by atoms with E-state index in [1.165, 1.54) is 17.9 Å². The van der Waals surface area contributed by atoms with Crippen molar-refractivity contribution in [1.29, 1.82) is 0 Å². The van der Waals surface area contributed by atoms with Crippen molar-refractivity contribution in [2.24, 2.45) is 5.92 Å². The number of rotatable bonds is 8. The Morgan fingerprint density at radius 2 is 1.89 bits per heavy atom. The first-order valence-electron chi connectivity index (χ1n) is 15.3. The minimum absolute atomic E-state index is 0.00203. The number of alkyl halides is 1. The molecule has 1 aromatic rings. The lowest BCUT2D eigenvalue weighted by Gasteiger charge is -2.50. The van der Waals surface area contributed by atoms with Crippen LogP contribution in [0.25, 0.3) is 0 Å². The number of piperidine rings is 1. The van der Waals surface area contributed by atoms with Crippen LogP contribution in [0, 0.1) is 11.7 Å². The molecule has 2 amide bonds. The Balaban J connectivity index is 1.09. The van der Waals surface area contributed by atoms with Crippen molar-refractivity contribution in [1.82, 2.24) is 20.4 Å². The van der Waals surface area contributed by atoms with Gasteiger partial charge in [0, 0.05) is 45.3 Å². The Bertz CT molecular complexity index is 1350. The number of amides is 2. The maximum Gasteiger partial charge on any atom is 0.414 e. The summed E-state index contributed by atoms with van der Waals surface area (Å²) in [4.78, 5) is 56.4. The summed E-state index contributed by atoms with van der Waals surface area (Å²) in [6.45, 7) is 5.45. The van der Waals surface area contributed by atoms with E-state index in [1.807, 2.05) is 14.7 Å². The predicted molar refractivity (Wildman–Crippen MR) is 155 cm³/mol. The third-order valence-electron chi connectivity index (χ3n) is 8.95. The minimum atomic E-state index is -1.33. The molecular formula is C30H38F2N6O6. The van der Waals surface area contributed by atoms with E-state index in [9.17, 15) is 19.2 Å². The van der Waals surface area contributed by atoms with Crippen molar-refractivity contribution in [3.63, 3.8) is 0 Å². The third-order valence-corrected chi connectivity index (χ3v) is 8.95. The topological polar surface area (TPSA) is 124 Å². The largest absolute Gasteiger partial charge is 0.462 e. The second-order valence-electron chi connectivity index (χ2n) is 11.9. The van der Waals surface area contributed by atoms with Gasteiger partial charge in [-0.3, -0.25) is 24.7 Å². The lowest BCUT2D eigenvalue weighted by Crippen LogP contribution is -2.69. The summed E-state index contributed by atoms with van der Waals surface area (Å²) < 4.78 is 41.4. The summed E-state index contributed by atoms with van der Waals surface area (Å²) >= 11 is 0. The van der Waals surface area contributed by atoms with Gasteiger partial charge in [0.2, 0.25) is 5.91 Å². The van der Waals surface area contributed by atoms with Gasteiger partial charge in [-0.2, -0.15) is 0 Å². The molecule has 0 bridgehead atoms. The number of ether oxygens (including phenoxy) is 2. The number of fused-ring (bicyclic) bond motifs is 1. The first kappa shape index (κ1) is 30.3. The summed E-state index contributed by atoms with van der Waals surface area (Å²) in [5, 5.41) is 6.01. The SMILES string of the molecule is CCOC(=O)C1=CN(C2CC2)C2NC(N3CCN(c4ccc(N5C[C@H](CNC(C)=O)OC5=O)cc4F)CC3)C(F)CC2C1=O. The number of anilines is 2. The smallest absolute Gasteiger partial charge is 0.414 e. The molecule has 1 aliphatic carbocycles. The van der Waals surface area contributed by atoms with Crippen molar-refractivity contribution in [2.45, 2.75) is 63.8 Å². The molecule has 4 aliphatic heterocycles. The molecule has 4 unspecified atom stereocenters. The number of nitrogens with zero attached hydrogens (tertiary/aromatic N) is 4. The van der Waals surface area contributed by atoms with Gasteiger partial charge in [0.25, 0.3) is 0 Å². The number of esters is 1. The second-order valence-corrected chi connectivity index (χ2v) is 11.9. The van der Waals surface area contributed by atoms with Gasteiger partial charge in [-0.05, 0) is 44.4 Å². The molecule has 5 aliphatic rings. The number of carbonyl (C=O) groups excluding carboxylic acids is 4. The van der Waals surface area contributed by atoms with Gasteiger partial charge in [-0.15, -0.1) is 0 Å². The number of cyclic esters (lactones) is 1. The maximum absolute atomic E-state index is 15.7. The second kappa shape index (κ2) is 12.3. The summed E-state index contributed by atoms with van der Waals surface area (Å²) in [7, 11) is 0. The Labute approximate surface area is 254 Å². The van der Waals surface area contributed by atoms with Crippen LogP contribution in [0.3, 0.4) is 0 Å². The molecule has 1 saturated carbocycles. The first-order chi connectivity index (χ1) is 21.1. The van der Waals surface area contributed by atoms with E-state index >= 15 is 8.78 Å². The fourth-order valence-corrected chi connectivity index (χ4v) is 6.59. The molecule has 1 aromatic carbocycles. The molecule has 4 heterocycles. The lowest BCUT2D eigenvalue weighted by molar-refractivity contribution is -0.143. The molecule has 6 rings (SSSR count). The average molecular weight is 617 g/mol. The molecule has 2 N–H and O–H groups in total. The van der Waals surface area contributed by atoms with Crippen molar-refractivity contribution >= 4 is 35.1 Å². The van der Waals surface area contributed by atoms with Crippen LogP contribution in [-0.2, 0) is 23.9 Å². The van der Waals surface area contributed by atoms with Gasteiger partial charge in [0.05, 0.1) is 49.3 Å². The fourth-order valence-electron chi connectivity index (χ4n) is 6.59. The Morgan fingerprint density at radius 3 is 2.55 bits per heavy atom. The molecule has 12 nitrogen and oxygen atoms in total. The maximum atomic E-state index is 15.7. The molecule has 238 valence electrons. The number of carbonyl (C=O) groups is 4. The molecule has 44 heavy (non-hydrogen) atoms. The van der Waals surface area contributed by atoms with Gasteiger partial charge in [0.1, 0.15) is 23.7 Å². The highest BCUT2D eigenvalue weighted by Gasteiger charge is 2.51. The average Bonchev–Trinajstić information content (AvgIpc) is 3.77. The number of benzene rings is 1. The molecule has 4 fully saturated rings. The summed E-state index contributed by atoms with van der Waals surface area (Å²) in [6, 6.07) is 4.79. The zero-order chi connectivity index (χ0) is 31.1. The van der Waals surface area contributed by atoms with E-state index in [1.54, 1.807) is 25.3 Å². The zero-order valence-corrected chi connectivity index (χ0v) is 24.8. The van der Waals surface area contributed by atoms with Gasteiger partial charge in [-0.1, -0.05) is 0 Å². The van der Waals surface area contributed by atoms with Gasteiger partial charge in [-0.25, -0.2) is 18.4 Å². The zero-order valence-electron chi connectivity index (χ0n) is 24.8. The molecule has 0 spiro atoms. The van der Waals surface area contributed by atoms with Crippen molar-refractivity contribution in [3.05, 3.63) is 35.8 Å². The van der Waals surface area contributed by atoms with Gasteiger partial charge in [0.15, 0.2) is 5.78 Å². The van der Waals surface area contributed by atoms with E-state index < -0.39 is 48.4 Å². The Hall–Kier alpha value is -3.78. The van der Waals surface area contributed by atoms with Crippen LogP contribution in [0.1, 0.15) is 33.1 Å². The molecule has 0 aromatic heterocycles. The van der Waals surface area contributed by atoms with Crippen LogP contribution < -0.4 is 20.4 Å². The quantitative estimate of drug-likeness (QED) is 0.328. The number of hydrogen-bond acceptors (Lipinski definition) is 10. The molecule has 5 atom stereocenters. The summed E-state index contributed by atoms with van der Waals surface area (Å²) in [6.07, 6.45) is -0.0173. The number of nitrogens with one attached hydrogen (secondary N) is 2. The van der Waals surface area contributed by atoms with E-state index in [0.29, 0.717) is 37.6 Å². The van der Waals surface area contributed by atoms with Crippen LogP contribution in [0.5, 0.6) is 0 Å². The van der Waals surface area contributed by atoms with Gasteiger partial charge >= 0.3 is 12.1 Å². The van der Waals surface area contributed by atoms with Crippen molar-refractivity contribution in [2.75, 3.05) is 55.7 Å². The number of ketones is 1. The van der Waals surface area contributed by atoms with E-state index in [4.69, 9.17) is 9.47 Å². The molecule has 0 radical (unpaired) electrons. The summed E-state index contributed by atoms with van der Waals surface area (Å²) in [5.74, 6) is -2.45. The number of piperazine rings is 1. The van der Waals surface area contributed by atoms with Crippen molar-refractivity contribution in [3.8, 4) is 0 Å². The summed E-state index contributed by atoms with van der Waals surface area (Å²) in [5.41, 5.74) is 0.739. The van der Waals surface area contributed by atoms with Crippen LogP contribution in [0.4, 0.5) is 25.0 Å². The fraction of sp³-hybridized carbons (Fsp3) is 0.600. The predicted octanol–water partition coefficient (Wildman–Crippen LogP) is 1.50. The van der Waals surface area contributed by atoms with Crippen LogP contribution in [0.15, 0.2) is 30.0 Å². The van der Waals surface area contributed by atoms with Crippen LogP contribution in [0.2, 0.25) is 0 Å². The highest BCUT2D eigenvalue weighted by molar-refractivity contribution is 6.18. The minimum Gasteiger partial charge on any atom is -0.462 e. The van der Waals surface area contributed by atoms with E-state index in [0.717, 1.165) is 12.8 Å². The standard InChI is InChI=1S/C30H38F2N6O6/c1-3-43-29(41)22-16-37(18-4-5-18)27-21(26(22)40)13-24(32)28(34-27)36-10-8-35(9-11-36)25-7-6-19(12-23(25)31)38-15-20(44-30(38)42)14-33-17(2)39/h6-7,12,16,18,20-21,24,27-28,34H,3-5,8-11,13-15H2,1-2H3,(H,33,39)/t20-,21?,24?,27?,28?/m0/s1. The third kappa shape index (κ3) is 5.96. The van der Waals surface area contributed by atoms with E-state index in [2.05, 4.69) is 10.6 Å². The monoisotopic (exact) mass is 616 g/mol. The van der Waals surface area contributed by atoms with E-state index in [-0.39, 0.29) is 49.4 Å².